The maximum atomic E-state index is 5.72. The lowest BCUT2D eigenvalue weighted by Crippen LogP contribution is -1.98. The van der Waals surface area contributed by atoms with E-state index in [0.29, 0.717) is 11.0 Å². The van der Waals surface area contributed by atoms with Gasteiger partial charge in [-0.1, -0.05) is 35.9 Å². The fraction of sp³-hybridized carbons (Fsp3) is 0.0714. The molecule has 4 nitrogen and oxygen atoms in total. The summed E-state index contributed by atoms with van der Waals surface area (Å²) in [5, 5.41) is 12.5. The minimum absolute atomic E-state index is 0.370. The van der Waals surface area contributed by atoms with Crippen molar-refractivity contribution in [3.05, 3.63) is 59.5 Å². The standard InChI is InChI=1S/C14H11ClN4/c1-10-4-2-3-5-12(10)11-8-16-19(9-11)14-7-6-13(15)17-18-14/h2-9H,1H3. The van der Waals surface area contributed by atoms with Crippen LogP contribution in [0.25, 0.3) is 16.9 Å². The van der Waals surface area contributed by atoms with Crippen molar-refractivity contribution in [2.75, 3.05) is 0 Å². The molecule has 0 radical (unpaired) electrons. The van der Waals surface area contributed by atoms with Crippen molar-refractivity contribution in [3.63, 3.8) is 0 Å². The fourth-order valence-corrected chi connectivity index (χ4v) is 2.02. The Balaban J connectivity index is 2.00. The Hall–Kier alpha value is -2.20. The molecule has 0 saturated heterocycles. The molecule has 0 bridgehead atoms. The van der Waals surface area contributed by atoms with Gasteiger partial charge in [0.1, 0.15) is 0 Å². The Morgan fingerprint density at radius 3 is 2.63 bits per heavy atom. The molecule has 3 rings (SSSR count). The zero-order valence-corrected chi connectivity index (χ0v) is 11.0. The third kappa shape index (κ3) is 2.35. The average molecular weight is 271 g/mol. The van der Waals surface area contributed by atoms with Crippen LogP contribution < -0.4 is 0 Å². The molecule has 2 heterocycles. The number of rotatable bonds is 2. The third-order valence-corrected chi connectivity index (χ3v) is 3.09. The van der Waals surface area contributed by atoms with E-state index in [9.17, 15) is 0 Å². The molecule has 0 spiro atoms. The van der Waals surface area contributed by atoms with Crippen molar-refractivity contribution in [2.45, 2.75) is 6.92 Å². The number of hydrogen-bond acceptors (Lipinski definition) is 3. The van der Waals surface area contributed by atoms with Gasteiger partial charge in [0, 0.05) is 11.8 Å². The molecule has 0 unspecified atom stereocenters. The van der Waals surface area contributed by atoms with Crippen molar-refractivity contribution in [3.8, 4) is 16.9 Å². The van der Waals surface area contributed by atoms with Gasteiger partial charge in [-0.2, -0.15) is 5.10 Å². The van der Waals surface area contributed by atoms with E-state index in [1.54, 1.807) is 16.8 Å². The highest BCUT2D eigenvalue weighted by atomic mass is 35.5. The molecular formula is C14H11ClN4. The van der Waals surface area contributed by atoms with Crippen LogP contribution in [0, 0.1) is 6.92 Å². The van der Waals surface area contributed by atoms with Gasteiger partial charge in [-0.25, -0.2) is 4.68 Å². The molecule has 19 heavy (non-hydrogen) atoms. The van der Waals surface area contributed by atoms with E-state index in [1.165, 1.54) is 5.56 Å². The summed E-state index contributed by atoms with van der Waals surface area (Å²) in [6, 6.07) is 11.7. The first-order chi connectivity index (χ1) is 9.24. The fourth-order valence-electron chi connectivity index (χ4n) is 1.92. The van der Waals surface area contributed by atoms with E-state index < -0.39 is 0 Å². The maximum absolute atomic E-state index is 5.72. The van der Waals surface area contributed by atoms with Gasteiger partial charge in [-0.15, -0.1) is 10.2 Å². The van der Waals surface area contributed by atoms with Crippen molar-refractivity contribution in [1.29, 1.82) is 0 Å². The van der Waals surface area contributed by atoms with Crippen LogP contribution in [0.3, 0.4) is 0 Å². The molecule has 3 aromatic rings. The topological polar surface area (TPSA) is 43.6 Å². The molecular weight excluding hydrogens is 260 g/mol. The molecule has 1 aromatic carbocycles. The Kier molecular flexibility index (Phi) is 3.01. The van der Waals surface area contributed by atoms with Crippen molar-refractivity contribution < 1.29 is 0 Å². The zero-order valence-electron chi connectivity index (χ0n) is 10.3. The molecule has 0 atom stereocenters. The van der Waals surface area contributed by atoms with Crippen molar-refractivity contribution in [1.82, 2.24) is 20.0 Å². The summed E-state index contributed by atoms with van der Waals surface area (Å²) in [6.07, 6.45) is 3.75. The van der Waals surface area contributed by atoms with Crippen LogP contribution in [0.2, 0.25) is 5.15 Å². The number of benzene rings is 1. The van der Waals surface area contributed by atoms with Gasteiger partial charge < -0.3 is 0 Å². The van der Waals surface area contributed by atoms with Crippen LogP contribution in [0.15, 0.2) is 48.8 Å². The average Bonchev–Trinajstić information content (AvgIpc) is 2.89. The molecule has 94 valence electrons. The Morgan fingerprint density at radius 2 is 1.89 bits per heavy atom. The number of nitrogens with zero attached hydrogens (tertiary/aromatic N) is 4. The molecule has 0 N–H and O–H groups in total. The quantitative estimate of drug-likeness (QED) is 0.718. The van der Waals surface area contributed by atoms with Crippen LogP contribution in [0.4, 0.5) is 0 Å². The lowest BCUT2D eigenvalue weighted by molar-refractivity contribution is 0.814. The van der Waals surface area contributed by atoms with Crippen molar-refractivity contribution >= 4 is 11.6 Å². The molecule has 2 aromatic heterocycles. The summed E-state index contributed by atoms with van der Waals surface area (Å²) in [5.41, 5.74) is 3.43. The molecule has 0 amide bonds. The predicted octanol–water partition coefficient (Wildman–Crippen LogP) is 3.29. The number of aryl methyl sites for hydroxylation is 1. The first-order valence-electron chi connectivity index (χ1n) is 5.84. The van der Waals surface area contributed by atoms with Gasteiger partial charge in [0.05, 0.1) is 6.20 Å². The monoisotopic (exact) mass is 270 g/mol. The van der Waals surface area contributed by atoms with Crippen LogP contribution >= 0.6 is 11.6 Å². The Morgan fingerprint density at radius 1 is 1.05 bits per heavy atom. The van der Waals surface area contributed by atoms with Crippen molar-refractivity contribution in [2.24, 2.45) is 0 Å². The minimum Gasteiger partial charge on any atom is -0.220 e. The van der Waals surface area contributed by atoms with Gasteiger partial charge in [-0.05, 0) is 30.2 Å². The second-order valence-corrected chi connectivity index (χ2v) is 4.59. The normalized spacial score (nSPS) is 10.6. The summed E-state index contributed by atoms with van der Waals surface area (Å²) in [5.74, 6) is 0.643. The van der Waals surface area contributed by atoms with E-state index in [2.05, 4.69) is 34.4 Å². The zero-order chi connectivity index (χ0) is 13.2. The highest BCUT2D eigenvalue weighted by Gasteiger charge is 2.06. The molecule has 0 fully saturated rings. The van der Waals surface area contributed by atoms with Gasteiger partial charge in [0.2, 0.25) is 0 Å². The lowest BCUT2D eigenvalue weighted by atomic mass is 10.0. The summed E-state index contributed by atoms with van der Waals surface area (Å²) in [4.78, 5) is 0. The number of hydrogen-bond donors (Lipinski definition) is 0. The summed E-state index contributed by atoms with van der Waals surface area (Å²) < 4.78 is 1.69. The minimum atomic E-state index is 0.370. The third-order valence-electron chi connectivity index (χ3n) is 2.89. The largest absolute Gasteiger partial charge is 0.220 e. The predicted molar refractivity (Wildman–Crippen MR) is 74.3 cm³/mol. The first-order valence-corrected chi connectivity index (χ1v) is 6.22. The van der Waals surface area contributed by atoms with Crippen LogP contribution in [0.5, 0.6) is 0 Å². The molecule has 5 heteroatoms. The second kappa shape index (κ2) is 4.82. The molecule has 0 aliphatic heterocycles. The summed E-state index contributed by atoms with van der Waals surface area (Å²) in [7, 11) is 0. The van der Waals surface area contributed by atoms with E-state index in [0.717, 1.165) is 11.1 Å². The highest BCUT2D eigenvalue weighted by molar-refractivity contribution is 6.29. The number of halogens is 1. The number of aromatic nitrogens is 4. The highest BCUT2D eigenvalue weighted by Crippen LogP contribution is 2.23. The first kappa shape index (κ1) is 11.9. The second-order valence-electron chi connectivity index (χ2n) is 4.20. The smallest absolute Gasteiger partial charge is 0.175 e. The van der Waals surface area contributed by atoms with Gasteiger partial charge in [0.15, 0.2) is 11.0 Å². The molecule has 0 saturated carbocycles. The lowest BCUT2D eigenvalue weighted by Gasteiger charge is -2.01. The van der Waals surface area contributed by atoms with E-state index in [4.69, 9.17) is 11.6 Å². The van der Waals surface area contributed by atoms with E-state index in [1.807, 2.05) is 24.5 Å². The van der Waals surface area contributed by atoms with Crippen LogP contribution in [-0.4, -0.2) is 20.0 Å². The van der Waals surface area contributed by atoms with E-state index >= 15 is 0 Å². The van der Waals surface area contributed by atoms with Gasteiger partial charge >= 0.3 is 0 Å². The van der Waals surface area contributed by atoms with Crippen LogP contribution in [0.1, 0.15) is 5.56 Å². The Labute approximate surface area is 115 Å². The van der Waals surface area contributed by atoms with Gasteiger partial charge in [0.25, 0.3) is 0 Å². The van der Waals surface area contributed by atoms with E-state index in [-0.39, 0.29) is 0 Å². The van der Waals surface area contributed by atoms with Gasteiger partial charge in [-0.3, -0.25) is 0 Å². The summed E-state index contributed by atoms with van der Waals surface area (Å²) in [6.45, 7) is 2.08. The summed E-state index contributed by atoms with van der Waals surface area (Å²) >= 11 is 5.72. The SMILES string of the molecule is Cc1ccccc1-c1cnn(-c2ccc(Cl)nn2)c1. The van der Waals surface area contributed by atoms with Crippen LogP contribution in [-0.2, 0) is 0 Å². The Bertz CT molecular complexity index is 703. The maximum Gasteiger partial charge on any atom is 0.175 e. The molecule has 0 aliphatic rings. The molecule has 0 aliphatic carbocycles.